The Labute approximate surface area is 169 Å². The number of ketones is 1. The van der Waals surface area contributed by atoms with E-state index in [9.17, 15) is 18.8 Å². The smallest absolute Gasteiger partial charge is 0.338 e. The molecule has 0 aliphatic heterocycles. The zero-order valence-electron chi connectivity index (χ0n) is 15.3. The van der Waals surface area contributed by atoms with Crippen LogP contribution in [0.25, 0.3) is 0 Å². The van der Waals surface area contributed by atoms with E-state index in [2.05, 4.69) is 5.32 Å². The van der Waals surface area contributed by atoms with Crippen molar-refractivity contribution in [1.82, 2.24) is 0 Å². The minimum absolute atomic E-state index is 0.0183. The SMILES string of the molecule is COc1ccc(C(=O)COC(=O)c2ccc(NC(=O)c3cccs3)cc2)cc1F. The van der Waals surface area contributed by atoms with Crippen molar-refractivity contribution in [2.24, 2.45) is 0 Å². The number of anilines is 1. The molecule has 0 fully saturated rings. The molecule has 1 N–H and O–H groups in total. The first-order chi connectivity index (χ1) is 14.0. The zero-order valence-corrected chi connectivity index (χ0v) is 16.1. The van der Waals surface area contributed by atoms with Gasteiger partial charge in [0.25, 0.3) is 5.91 Å². The molecule has 0 saturated carbocycles. The molecule has 0 unspecified atom stereocenters. The molecular formula is C21H16FNO5S. The molecule has 1 heterocycles. The van der Waals surface area contributed by atoms with Gasteiger partial charge in [-0.05, 0) is 53.9 Å². The second kappa shape index (κ2) is 9.11. The molecule has 8 heteroatoms. The van der Waals surface area contributed by atoms with Gasteiger partial charge in [-0.15, -0.1) is 11.3 Å². The van der Waals surface area contributed by atoms with Crippen molar-refractivity contribution >= 4 is 34.7 Å². The van der Waals surface area contributed by atoms with Gasteiger partial charge in [-0.25, -0.2) is 9.18 Å². The lowest BCUT2D eigenvalue weighted by molar-refractivity contribution is 0.0474. The summed E-state index contributed by atoms with van der Waals surface area (Å²) >= 11 is 1.32. The maximum absolute atomic E-state index is 13.7. The van der Waals surface area contributed by atoms with E-state index in [0.29, 0.717) is 10.6 Å². The van der Waals surface area contributed by atoms with E-state index in [-0.39, 0.29) is 22.8 Å². The zero-order chi connectivity index (χ0) is 20.8. The molecule has 0 bridgehead atoms. The minimum atomic E-state index is -0.705. The van der Waals surface area contributed by atoms with E-state index in [1.54, 1.807) is 29.6 Å². The number of hydrogen-bond donors (Lipinski definition) is 1. The van der Waals surface area contributed by atoms with Crippen LogP contribution >= 0.6 is 11.3 Å². The Morgan fingerprint density at radius 1 is 1.03 bits per heavy atom. The number of halogens is 1. The summed E-state index contributed by atoms with van der Waals surface area (Å²) in [5.41, 5.74) is 0.806. The van der Waals surface area contributed by atoms with Gasteiger partial charge in [-0.3, -0.25) is 9.59 Å². The quantitative estimate of drug-likeness (QED) is 0.464. The number of carbonyl (C=O) groups is 3. The predicted molar refractivity (Wildman–Crippen MR) is 106 cm³/mol. The molecule has 0 atom stereocenters. The highest BCUT2D eigenvalue weighted by Crippen LogP contribution is 2.18. The fraction of sp³-hybridized carbons (Fsp3) is 0.0952. The third-order valence-corrected chi connectivity index (χ3v) is 4.80. The molecule has 1 amide bonds. The van der Waals surface area contributed by atoms with E-state index in [4.69, 9.17) is 9.47 Å². The van der Waals surface area contributed by atoms with Crippen LogP contribution in [0.3, 0.4) is 0 Å². The van der Waals surface area contributed by atoms with Crippen LogP contribution in [-0.2, 0) is 4.74 Å². The second-order valence-corrected chi connectivity index (χ2v) is 6.81. The molecule has 6 nitrogen and oxygen atoms in total. The summed E-state index contributed by atoms with van der Waals surface area (Å²) in [6, 6.07) is 13.3. The number of ether oxygens (including phenoxy) is 2. The van der Waals surface area contributed by atoms with Gasteiger partial charge in [0, 0.05) is 11.3 Å². The number of hydrogen-bond acceptors (Lipinski definition) is 6. The van der Waals surface area contributed by atoms with Crippen LogP contribution in [0, 0.1) is 5.82 Å². The van der Waals surface area contributed by atoms with Crippen LogP contribution in [0.1, 0.15) is 30.4 Å². The minimum Gasteiger partial charge on any atom is -0.494 e. The summed E-state index contributed by atoms with van der Waals surface area (Å²) in [6.45, 7) is -0.526. The standard InChI is InChI=1S/C21H16FNO5S/c1-27-18-9-6-14(11-16(18)22)17(24)12-28-21(26)13-4-7-15(8-5-13)23-20(25)19-3-2-10-29-19/h2-11H,12H2,1H3,(H,23,25). The highest BCUT2D eigenvalue weighted by molar-refractivity contribution is 7.12. The van der Waals surface area contributed by atoms with Crippen LogP contribution < -0.4 is 10.1 Å². The van der Waals surface area contributed by atoms with E-state index in [1.165, 1.54) is 42.7 Å². The average molecular weight is 413 g/mol. The van der Waals surface area contributed by atoms with Crippen LogP contribution in [0.15, 0.2) is 60.0 Å². The first-order valence-corrected chi connectivity index (χ1v) is 9.34. The Balaban J connectivity index is 1.56. The largest absolute Gasteiger partial charge is 0.494 e. The lowest BCUT2D eigenvalue weighted by Gasteiger charge is -2.07. The monoisotopic (exact) mass is 413 g/mol. The topological polar surface area (TPSA) is 81.7 Å². The van der Waals surface area contributed by atoms with Gasteiger partial charge in [0.2, 0.25) is 0 Å². The van der Waals surface area contributed by atoms with Gasteiger partial charge in [0.05, 0.1) is 17.6 Å². The molecule has 1 aromatic heterocycles. The first kappa shape index (κ1) is 20.2. The van der Waals surface area contributed by atoms with Crippen molar-refractivity contribution in [1.29, 1.82) is 0 Å². The van der Waals surface area contributed by atoms with Gasteiger partial charge in [-0.1, -0.05) is 6.07 Å². The van der Waals surface area contributed by atoms with Crippen molar-refractivity contribution in [2.75, 3.05) is 19.0 Å². The number of benzene rings is 2. The molecule has 3 rings (SSSR count). The molecule has 0 aliphatic carbocycles. The van der Waals surface area contributed by atoms with Crippen LogP contribution in [0.4, 0.5) is 10.1 Å². The Bertz CT molecular complexity index is 1030. The van der Waals surface area contributed by atoms with Gasteiger partial charge in [-0.2, -0.15) is 0 Å². The lowest BCUT2D eigenvalue weighted by Crippen LogP contribution is -2.15. The molecular weight excluding hydrogens is 397 g/mol. The number of Topliss-reactive ketones (excluding diaryl/α,β-unsaturated/α-hetero) is 1. The number of nitrogens with one attached hydrogen (secondary N) is 1. The van der Waals surface area contributed by atoms with Gasteiger partial charge in [0.1, 0.15) is 0 Å². The summed E-state index contributed by atoms with van der Waals surface area (Å²) in [5.74, 6) is -2.15. The number of rotatable bonds is 7. The fourth-order valence-corrected chi connectivity index (χ4v) is 3.05. The molecule has 0 aliphatic rings. The summed E-state index contributed by atoms with van der Waals surface area (Å²) in [5, 5.41) is 4.52. The van der Waals surface area contributed by atoms with Crippen LogP contribution in [0.5, 0.6) is 5.75 Å². The van der Waals surface area contributed by atoms with Crippen molar-refractivity contribution < 1.29 is 28.2 Å². The van der Waals surface area contributed by atoms with Crippen LogP contribution in [-0.4, -0.2) is 31.4 Å². The third kappa shape index (κ3) is 5.05. The molecule has 0 radical (unpaired) electrons. The number of thiophene rings is 1. The van der Waals surface area contributed by atoms with Gasteiger partial charge >= 0.3 is 5.97 Å². The second-order valence-electron chi connectivity index (χ2n) is 5.86. The molecule has 0 spiro atoms. The maximum atomic E-state index is 13.7. The van der Waals surface area contributed by atoms with Crippen molar-refractivity contribution in [2.45, 2.75) is 0 Å². The highest BCUT2D eigenvalue weighted by atomic mass is 32.1. The normalized spacial score (nSPS) is 10.3. The summed E-state index contributed by atoms with van der Waals surface area (Å²) in [4.78, 5) is 36.8. The maximum Gasteiger partial charge on any atom is 0.338 e. The third-order valence-electron chi connectivity index (χ3n) is 3.93. The first-order valence-electron chi connectivity index (χ1n) is 8.46. The number of methoxy groups -OCH3 is 1. The number of esters is 1. The average Bonchev–Trinajstić information content (AvgIpc) is 3.27. The predicted octanol–water partition coefficient (Wildman–Crippen LogP) is 4.19. The highest BCUT2D eigenvalue weighted by Gasteiger charge is 2.14. The lowest BCUT2D eigenvalue weighted by atomic mass is 10.1. The van der Waals surface area contributed by atoms with E-state index in [0.717, 1.165) is 6.07 Å². The molecule has 148 valence electrons. The molecule has 0 saturated heterocycles. The van der Waals surface area contributed by atoms with Crippen molar-refractivity contribution in [3.05, 3.63) is 81.8 Å². The number of amides is 1. The van der Waals surface area contributed by atoms with Crippen molar-refractivity contribution in [3.8, 4) is 5.75 Å². The Morgan fingerprint density at radius 2 is 1.76 bits per heavy atom. The fourth-order valence-electron chi connectivity index (χ4n) is 2.43. The molecule has 29 heavy (non-hydrogen) atoms. The molecule has 2 aromatic carbocycles. The van der Waals surface area contributed by atoms with Gasteiger partial charge < -0.3 is 14.8 Å². The summed E-state index contributed by atoms with van der Waals surface area (Å²) in [7, 11) is 1.32. The Morgan fingerprint density at radius 3 is 2.38 bits per heavy atom. The van der Waals surface area contributed by atoms with Crippen LogP contribution in [0.2, 0.25) is 0 Å². The molecule has 3 aromatic rings. The summed E-state index contributed by atoms with van der Waals surface area (Å²) < 4.78 is 23.5. The van der Waals surface area contributed by atoms with E-state index in [1.807, 2.05) is 0 Å². The van der Waals surface area contributed by atoms with Crippen molar-refractivity contribution in [3.63, 3.8) is 0 Å². The van der Waals surface area contributed by atoms with Gasteiger partial charge in [0.15, 0.2) is 24.0 Å². The number of carbonyl (C=O) groups excluding carboxylic acids is 3. The van der Waals surface area contributed by atoms with E-state index < -0.39 is 24.2 Å². The Kier molecular flexibility index (Phi) is 6.36. The Hall–Kier alpha value is -3.52. The van der Waals surface area contributed by atoms with E-state index >= 15 is 0 Å². The summed E-state index contributed by atoms with van der Waals surface area (Å²) in [6.07, 6.45) is 0.